The Balaban J connectivity index is 3.35. The number of ketones is 1. The monoisotopic (exact) mass is 247 g/mol. The van der Waals surface area contributed by atoms with Crippen LogP contribution in [0.4, 0.5) is 4.39 Å². The molecule has 0 saturated heterocycles. The first-order valence-corrected chi connectivity index (χ1v) is 4.83. The molecule has 0 bridgehead atoms. The zero-order valence-corrected chi connectivity index (χ0v) is 9.56. The van der Waals surface area contributed by atoms with E-state index >= 15 is 0 Å². The molecule has 0 atom stereocenters. The Kier molecular flexibility index (Phi) is 4.09. The van der Waals surface area contributed by atoms with Gasteiger partial charge in [-0.1, -0.05) is 11.6 Å². The van der Waals surface area contributed by atoms with E-state index < -0.39 is 22.4 Å². The molecule has 0 unspecified atom stereocenters. The van der Waals surface area contributed by atoms with Crippen molar-refractivity contribution in [2.75, 3.05) is 20.7 Å². The molecule has 0 fully saturated rings. The molecule has 0 heterocycles. The van der Waals surface area contributed by atoms with E-state index in [0.29, 0.717) is 0 Å². The molecular weight excluding hydrogens is 237 g/mol. The van der Waals surface area contributed by atoms with Crippen molar-refractivity contribution in [1.29, 1.82) is 0 Å². The SMILES string of the molecule is CNCC(=O)c1c(O)c(OC)cc(F)c1Cl. The Hall–Kier alpha value is -1.33. The molecule has 0 spiro atoms. The van der Waals surface area contributed by atoms with Crippen LogP contribution in [-0.4, -0.2) is 31.6 Å². The molecule has 4 nitrogen and oxygen atoms in total. The second-order valence-corrected chi connectivity index (χ2v) is 3.43. The minimum atomic E-state index is -0.809. The van der Waals surface area contributed by atoms with Gasteiger partial charge in [0, 0.05) is 6.07 Å². The third-order valence-electron chi connectivity index (χ3n) is 1.99. The molecule has 0 amide bonds. The summed E-state index contributed by atoms with van der Waals surface area (Å²) in [6.45, 7) is -0.0557. The van der Waals surface area contributed by atoms with Crippen LogP contribution in [0.5, 0.6) is 11.5 Å². The predicted octanol–water partition coefficient (Wildman–Crippen LogP) is 1.60. The lowest BCUT2D eigenvalue weighted by atomic mass is 10.1. The van der Waals surface area contributed by atoms with Crippen LogP contribution in [-0.2, 0) is 0 Å². The molecule has 0 aromatic heterocycles. The van der Waals surface area contributed by atoms with Gasteiger partial charge in [0.1, 0.15) is 5.82 Å². The van der Waals surface area contributed by atoms with Gasteiger partial charge in [-0.25, -0.2) is 4.39 Å². The number of likely N-dealkylation sites (N-methyl/N-ethyl adjacent to an activating group) is 1. The van der Waals surface area contributed by atoms with Crippen LogP contribution in [0.1, 0.15) is 10.4 Å². The van der Waals surface area contributed by atoms with Gasteiger partial charge >= 0.3 is 0 Å². The molecule has 0 aliphatic rings. The normalized spacial score (nSPS) is 10.2. The molecule has 1 aromatic rings. The maximum absolute atomic E-state index is 13.3. The highest BCUT2D eigenvalue weighted by molar-refractivity contribution is 6.34. The average molecular weight is 248 g/mol. The summed E-state index contributed by atoms with van der Waals surface area (Å²) in [4.78, 5) is 11.6. The number of phenols is 1. The number of aromatic hydroxyl groups is 1. The number of methoxy groups -OCH3 is 1. The summed E-state index contributed by atoms with van der Waals surface area (Å²) < 4.78 is 18.0. The van der Waals surface area contributed by atoms with Crippen molar-refractivity contribution >= 4 is 17.4 Å². The van der Waals surface area contributed by atoms with E-state index in [2.05, 4.69) is 5.32 Å². The van der Waals surface area contributed by atoms with Crippen molar-refractivity contribution in [3.63, 3.8) is 0 Å². The zero-order chi connectivity index (χ0) is 12.3. The van der Waals surface area contributed by atoms with Crippen LogP contribution in [0.3, 0.4) is 0 Å². The molecule has 2 N–H and O–H groups in total. The Morgan fingerprint density at radius 2 is 2.31 bits per heavy atom. The Morgan fingerprint density at radius 1 is 1.69 bits per heavy atom. The summed E-state index contributed by atoms with van der Waals surface area (Å²) in [5.41, 5.74) is -0.270. The molecular formula is C10H11ClFNO3. The van der Waals surface area contributed by atoms with Crippen LogP contribution < -0.4 is 10.1 Å². The van der Waals surface area contributed by atoms with E-state index in [1.54, 1.807) is 7.05 Å². The molecule has 0 aliphatic heterocycles. The highest BCUT2D eigenvalue weighted by atomic mass is 35.5. The van der Waals surface area contributed by atoms with E-state index in [0.717, 1.165) is 6.07 Å². The predicted molar refractivity (Wildman–Crippen MR) is 57.9 cm³/mol. The number of hydrogen-bond acceptors (Lipinski definition) is 4. The van der Waals surface area contributed by atoms with Gasteiger partial charge in [-0.15, -0.1) is 0 Å². The fourth-order valence-electron chi connectivity index (χ4n) is 1.25. The van der Waals surface area contributed by atoms with Crippen molar-refractivity contribution in [3.8, 4) is 11.5 Å². The van der Waals surface area contributed by atoms with Crippen molar-refractivity contribution in [2.45, 2.75) is 0 Å². The number of rotatable bonds is 4. The number of benzene rings is 1. The molecule has 6 heteroatoms. The average Bonchev–Trinajstić information content (AvgIpc) is 2.24. The van der Waals surface area contributed by atoms with Crippen molar-refractivity contribution in [1.82, 2.24) is 5.32 Å². The van der Waals surface area contributed by atoms with Gasteiger partial charge in [-0.3, -0.25) is 4.79 Å². The molecule has 1 aromatic carbocycles. The first kappa shape index (κ1) is 12.7. The minimum Gasteiger partial charge on any atom is -0.504 e. The molecule has 0 aliphatic carbocycles. The van der Waals surface area contributed by atoms with Crippen LogP contribution in [0.2, 0.25) is 5.02 Å². The maximum Gasteiger partial charge on any atom is 0.182 e. The van der Waals surface area contributed by atoms with Gasteiger partial charge in [-0.2, -0.15) is 0 Å². The van der Waals surface area contributed by atoms with Gasteiger partial charge in [0.15, 0.2) is 17.3 Å². The number of hydrogen-bond donors (Lipinski definition) is 2. The lowest BCUT2D eigenvalue weighted by molar-refractivity contribution is 0.0990. The van der Waals surface area contributed by atoms with Crippen LogP contribution in [0, 0.1) is 5.82 Å². The second kappa shape index (κ2) is 5.14. The fourth-order valence-corrected chi connectivity index (χ4v) is 1.50. The highest BCUT2D eigenvalue weighted by Gasteiger charge is 2.22. The molecule has 16 heavy (non-hydrogen) atoms. The molecule has 0 radical (unpaired) electrons. The van der Waals surface area contributed by atoms with Crippen LogP contribution >= 0.6 is 11.6 Å². The molecule has 1 rings (SSSR count). The van der Waals surface area contributed by atoms with Gasteiger partial charge in [0.2, 0.25) is 0 Å². The van der Waals surface area contributed by atoms with E-state index in [4.69, 9.17) is 16.3 Å². The minimum absolute atomic E-state index is 0.0557. The summed E-state index contributed by atoms with van der Waals surface area (Å²) in [6, 6.07) is 0.924. The number of Topliss-reactive ketones (excluding diaryl/α,β-unsaturated/α-hetero) is 1. The summed E-state index contributed by atoms with van der Waals surface area (Å²) in [6.07, 6.45) is 0. The highest BCUT2D eigenvalue weighted by Crippen LogP contribution is 2.37. The van der Waals surface area contributed by atoms with Crippen molar-refractivity contribution in [2.24, 2.45) is 0 Å². The lowest BCUT2D eigenvalue weighted by Gasteiger charge is -2.10. The Bertz CT molecular complexity index is 423. The molecule has 88 valence electrons. The first-order chi connectivity index (χ1) is 7.52. The summed E-state index contributed by atoms with van der Waals surface area (Å²) in [5.74, 6) is -1.89. The number of halogens is 2. The Labute approximate surface area is 97.0 Å². The Morgan fingerprint density at radius 3 is 2.81 bits per heavy atom. The molecule has 0 saturated carbocycles. The van der Waals surface area contributed by atoms with Gasteiger partial charge in [0.25, 0.3) is 0 Å². The largest absolute Gasteiger partial charge is 0.504 e. The third kappa shape index (κ3) is 2.25. The maximum atomic E-state index is 13.3. The second-order valence-electron chi connectivity index (χ2n) is 3.05. The number of carbonyl (C=O) groups excluding carboxylic acids is 1. The fraction of sp³-hybridized carbons (Fsp3) is 0.300. The summed E-state index contributed by atoms with van der Waals surface area (Å²) in [5, 5.41) is 11.9. The lowest BCUT2D eigenvalue weighted by Crippen LogP contribution is -2.19. The number of phenolic OH excluding ortho intramolecular Hbond substituents is 1. The third-order valence-corrected chi connectivity index (χ3v) is 2.36. The van der Waals surface area contributed by atoms with Crippen LogP contribution in [0.15, 0.2) is 6.07 Å². The van der Waals surface area contributed by atoms with E-state index in [1.165, 1.54) is 7.11 Å². The topological polar surface area (TPSA) is 58.6 Å². The van der Waals surface area contributed by atoms with Gasteiger partial charge in [0.05, 0.1) is 24.2 Å². The van der Waals surface area contributed by atoms with Gasteiger partial charge < -0.3 is 15.2 Å². The van der Waals surface area contributed by atoms with E-state index in [9.17, 15) is 14.3 Å². The smallest absolute Gasteiger partial charge is 0.182 e. The van der Waals surface area contributed by atoms with Crippen LogP contribution in [0.25, 0.3) is 0 Å². The summed E-state index contributed by atoms with van der Waals surface area (Å²) >= 11 is 5.62. The number of carbonyl (C=O) groups is 1. The number of nitrogens with one attached hydrogen (secondary N) is 1. The van der Waals surface area contributed by atoms with E-state index in [1.807, 2.05) is 0 Å². The van der Waals surface area contributed by atoms with E-state index in [-0.39, 0.29) is 17.9 Å². The van der Waals surface area contributed by atoms with Crippen molar-refractivity contribution < 1.29 is 19.0 Å². The zero-order valence-electron chi connectivity index (χ0n) is 8.80. The number of ether oxygens (including phenoxy) is 1. The summed E-state index contributed by atoms with van der Waals surface area (Å²) in [7, 11) is 2.81. The quantitative estimate of drug-likeness (QED) is 0.794. The first-order valence-electron chi connectivity index (χ1n) is 4.45. The van der Waals surface area contributed by atoms with Gasteiger partial charge in [-0.05, 0) is 7.05 Å². The standard InChI is InChI=1S/C10H11ClFNO3/c1-13-4-6(14)8-9(11)5(12)3-7(16-2)10(8)15/h3,13,15H,4H2,1-2H3. The van der Waals surface area contributed by atoms with Crippen molar-refractivity contribution in [3.05, 3.63) is 22.5 Å².